The predicted octanol–water partition coefficient (Wildman–Crippen LogP) is 36.0. The van der Waals surface area contributed by atoms with E-state index in [1.54, 1.807) is 0 Å². The summed E-state index contributed by atoms with van der Waals surface area (Å²) in [5.74, 6) is 3.00. The summed E-state index contributed by atoms with van der Waals surface area (Å²) in [5, 5.41) is 9.01. The van der Waals surface area contributed by atoms with E-state index in [-0.39, 0.29) is 0 Å². The van der Waals surface area contributed by atoms with Crippen LogP contribution in [0.4, 0.5) is 34.1 Å². The van der Waals surface area contributed by atoms with E-state index < -0.39 is 16.2 Å². The van der Waals surface area contributed by atoms with Gasteiger partial charge in [-0.3, -0.25) is 0 Å². The third-order valence-electron chi connectivity index (χ3n) is 30.4. The maximum atomic E-state index is 6.64. The van der Waals surface area contributed by atoms with Crippen LogP contribution in [0.25, 0.3) is 144 Å². The van der Waals surface area contributed by atoms with Crippen LogP contribution in [0.5, 0.6) is 23.0 Å². The molecular weight excluding hydrogens is 1710 g/mol. The van der Waals surface area contributed by atoms with Crippen LogP contribution < -0.4 is 19.3 Å². The molecule has 2 atom stereocenters. The van der Waals surface area contributed by atoms with Crippen molar-refractivity contribution in [3.8, 4) is 89.8 Å². The van der Waals surface area contributed by atoms with E-state index in [9.17, 15) is 0 Å². The number of benzene rings is 22. The SMILES string of the molecule is C=Cc1ccc(Oc2ccc(C3(c4ccccc4)c4ccccc4-c4ccc(N(c5ccc(-c6ccc7oc8cc9ccccc9cc8c7c6)cc5)c5ccc6c(c5)C5(c7ccccc7-6)c6ccccc6-c6ccc(N(c7ccc(-c8ccc9oc%10cc%11ccccc%11cc%10c9c8)cc7)c7ccc8c(c7)C(c7ccccc7)(c7ccc(Oc9ccc(C=C)cc9)cc7)c7ccccc7-8)cc65)cc43)cc2)cc1. The van der Waals surface area contributed by atoms with Crippen LogP contribution in [0.15, 0.2) is 507 Å². The maximum Gasteiger partial charge on any atom is 0.136 e. The Morgan fingerprint density at radius 2 is 0.454 bits per heavy atom. The zero-order valence-corrected chi connectivity index (χ0v) is 76.8. The summed E-state index contributed by atoms with van der Waals surface area (Å²) in [6, 6.07) is 179. The van der Waals surface area contributed by atoms with E-state index in [2.05, 4.69) is 460 Å². The third kappa shape index (κ3) is 12.5. The Labute approximate surface area is 816 Å². The molecule has 4 aliphatic carbocycles. The molecule has 6 heteroatoms. The van der Waals surface area contributed by atoms with Gasteiger partial charge in [0, 0.05) is 55.7 Å². The Bertz CT molecular complexity index is 8720. The van der Waals surface area contributed by atoms with E-state index in [0.717, 1.165) is 167 Å². The van der Waals surface area contributed by atoms with E-state index in [1.165, 1.54) is 99.8 Å². The van der Waals surface area contributed by atoms with E-state index in [0.29, 0.717) is 0 Å². The highest BCUT2D eigenvalue weighted by Crippen LogP contribution is 2.66. The van der Waals surface area contributed by atoms with Crippen LogP contribution in [-0.2, 0) is 16.2 Å². The summed E-state index contributed by atoms with van der Waals surface area (Å²) in [6.07, 6.45) is 3.71. The fourth-order valence-electron chi connectivity index (χ4n) is 24.1. The molecule has 22 aromatic carbocycles. The van der Waals surface area contributed by atoms with E-state index >= 15 is 0 Å². The molecule has 0 amide bonds. The van der Waals surface area contributed by atoms with Crippen molar-refractivity contribution < 1.29 is 18.3 Å². The van der Waals surface area contributed by atoms with Gasteiger partial charge >= 0.3 is 0 Å². The van der Waals surface area contributed by atoms with Crippen LogP contribution in [-0.4, -0.2) is 0 Å². The first-order chi connectivity index (χ1) is 69.7. The van der Waals surface area contributed by atoms with Gasteiger partial charge in [-0.15, -0.1) is 0 Å². The molecule has 4 aliphatic rings. The molecule has 1 spiro atoms. The lowest BCUT2D eigenvalue weighted by atomic mass is 9.67. The van der Waals surface area contributed by atoms with Crippen molar-refractivity contribution in [1.29, 1.82) is 0 Å². The summed E-state index contributed by atoms with van der Waals surface area (Å²) >= 11 is 0. The summed E-state index contributed by atoms with van der Waals surface area (Å²) in [6.45, 7) is 8.01. The second-order valence-corrected chi connectivity index (χ2v) is 37.7. The standard InChI is InChI=1S/C135H86N2O4/c1-3-85-39-61-105(62-40-85)138-107-65-49-97(50-66-107)133(95-27-7-5-8-28-95)121-35-19-15-31-109(121)113-69-57-101(81-125(113)133)136(99-53-43-87(44-54-99)93-47-73-129-117(77-93)119-75-89-23-11-13-25-91(89)79-131(119)140-129)103-59-71-115-111-33-17-21-37-123(111)135(127(115)83-103)124-38-22-18-34-112(124)116-72-60-104(84-128(116)135)137(100-55-45-88(46-56-100)94-48-74-130-118(78-94)120-76-90-24-12-14-26-92(90)80-132(120)141-130)102-58-70-114-110-32-16-20-36-122(110)134(126(114)82-102,96-29-9-6-10-30-96)98-51-67-108(68-52-98)139-106-63-41-86(4-2)42-64-106/h3-84H,1-2H2. The number of rotatable bonds is 18. The number of nitrogens with zero attached hydrogens (tertiary/aromatic N) is 2. The van der Waals surface area contributed by atoms with Gasteiger partial charge in [-0.1, -0.05) is 341 Å². The summed E-state index contributed by atoms with van der Waals surface area (Å²) < 4.78 is 26.5. The van der Waals surface area contributed by atoms with Crippen LogP contribution in [0.1, 0.15) is 77.9 Å². The number of furan rings is 2. The Kier molecular flexibility index (Phi) is 18.3. The van der Waals surface area contributed by atoms with Gasteiger partial charge in [-0.25, -0.2) is 0 Å². The zero-order chi connectivity index (χ0) is 93.2. The lowest BCUT2D eigenvalue weighted by Gasteiger charge is -2.35. The van der Waals surface area contributed by atoms with Crippen LogP contribution in [0.2, 0.25) is 0 Å². The van der Waals surface area contributed by atoms with Crippen molar-refractivity contribution >= 4 is 112 Å². The normalized spacial score (nSPS) is 15.4. The molecule has 0 N–H and O–H groups in total. The Morgan fingerprint density at radius 3 is 0.794 bits per heavy atom. The molecule has 28 rings (SSSR count). The van der Waals surface area contributed by atoms with E-state index in [4.69, 9.17) is 18.3 Å². The summed E-state index contributed by atoms with van der Waals surface area (Å²) in [4.78, 5) is 5.03. The smallest absolute Gasteiger partial charge is 0.136 e. The van der Waals surface area contributed by atoms with Crippen LogP contribution >= 0.6 is 0 Å². The molecule has 0 saturated carbocycles. The Hall–Kier alpha value is -18.4. The number of fused-ring (bicyclic) bond motifs is 24. The summed E-state index contributed by atoms with van der Waals surface area (Å²) in [5.41, 5.74) is 37.2. The second kappa shape index (κ2) is 31.9. The van der Waals surface area contributed by atoms with Crippen LogP contribution in [0, 0.1) is 0 Å². The minimum atomic E-state index is -0.848. The highest BCUT2D eigenvalue weighted by Gasteiger charge is 2.54. The molecule has 2 unspecified atom stereocenters. The number of anilines is 6. The number of hydrogen-bond donors (Lipinski definition) is 0. The molecule has 660 valence electrons. The number of hydrogen-bond acceptors (Lipinski definition) is 6. The van der Waals surface area contributed by atoms with Gasteiger partial charge in [-0.05, 0) is 336 Å². The largest absolute Gasteiger partial charge is 0.457 e. The van der Waals surface area contributed by atoms with Gasteiger partial charge in [0.25, 0.3) is 0 Å². The van der Waals surface area contributed by atoms with Crippen molar-refractivity contribution in [2.24, 2.45) is 0 Å². The highest BCUT2D eigenvalue weighted by atomic mass is 16.5. The van der Waals surface area contributed by atoms with Crippen molar-refractivity contribution in [1.82, 2.24) is 0 Å². The minimum absolute atomic E-state index is 0.746. The van der Waals surface area contributed by atoms with Gasteiger partial charge in [-0.2, -0.15) is 0 Å². The van der Waals surface area contributed by atoms with E-state index in [1.807, 2.05) is 60.7 Å². The first-order valence-corrected chi connectivity index (χ1v) is 48.3. The molecule has 2 aromatic heterocycles. The average molecular weight is 1800 g/mol. The molecule has 24 aromatic rings. The lowest BCUT2D eigenvalue weighted by Crippen LogP contribution is -2.29. The Morgan fingerprint density at radius 1 is 0.191 bits per heavy atom. The molecule has 141 heavy (non-hydrogen) atoms. The fourth-order valence-corrected chi connectivity index (χ4v) is 24.1. The first-order valence-electron chi connectivity index (χ1n) is 48.3. The van der Waals surface area contributed by atoms with Crippen LogP contribution in [0.3, 0.4) is 0 Å². The molecule has 2 heterocycles. The molecule has 0 fully saturated rings. The van der Waals surface area contributed by atoms with Crippen molar-refractivity contribution in [2.45, 2.75) is 16.2 Å². The molecule has 0 bridgehead atoms. The monoisotopic (exact) mass is 1800 g/mol. The second-order valence-electron chi connectivity index (χ2n) is 37.7. The van der Waals surface area contributed by atoms with Gasteiger partial charge < -0.3 is 28.1 Å². The first kappa shape index (κ1) is 81.0. The Balaban J connectivity index is 0.638. The molecule has 0 aliphatic heterocycles. The van der Waals surface area contributed by atoms with Crippen molar-refractivity contribution in [3.63, 3.8) is 0 Å². The van der Waals surface area contributed by atoms with Gasteiger partial charge in [0.2, 0.25) is 0 Å². The molecule has 6 nitrogen and oxygen atoms in total. The topological polar surface area (TPSA) is 51.2 Å². The zero-order valence-electron chi connectivity index (χ0n) is 76.8. The van der Waals surface area contributed by atoms with Gasteiger partial charge in [0.15, 0.2) is 0 Å². The van der Waals surface area contributed by atoms with Crippen molar-refractivity contribution in [3.05, 3.63) is 576 Å². The molecular formula is C135H86N2O4. The fraction of sp³-hybridized carbons (Fsp3) is 0.0222. The summed E-state index contributed by atoms with van der Waals surface area (Å²) in [7, 11) is 0. The average Bonchev–Trinajstić information content (AvgIpc) is 1.50. The van der Waals surface area contributed by atoms with Gasteiger partial charge in [0.05, 0.1) is 16.2 Å². The van der Waals surface area contributed by atoms with Crippen molar-refractivity contribution in [2.75, 3.05) is 9.80 Å². The third-order valence-corrected chi connectivity index (χ3v) is 30.4. The lowest BCUT2D eigenvalue weighted by molar-refractivity contribution is 0.482. The number of ether oxygens (including phenoxy) is 2. The highest BCUT2D eigenvalue weighted by molar-refractivity contribution is 6.13. The predicted molar refractivity (Wildman–Crippen MR) is 580 cm³/mol. The van der Waals surface area contributed by atoms with Gasteiger partial charge in [0.1, 0.15) is 45.3 Å². The maximum absolute atomic E-state index is 6.64. The minimum Gasteiger partial charge on any atom is -0.457 e. The molecule has 0 radical (unpaired) electrons. The molecule has 0 saturated heterocycles. The quantitative estimate of drug-likeness (QED) is 0.0853.